The van der Waals surface area contributed by atoms with Gasteiger partial charge in [-0.25, -0.2) is 9.97 Å². The third kappa shape index (κ3) is 4.24. The third-order valence-corrected chi connectivity index (χ3v) is 4.98. The molecular weight excluding hydrogens is 370 g/mol. The van der Waals surface area contributed by atoms with E-state index in [1.807, 2.05) is 12.1 Å². The highest BCUT2D eigenvalue weighted by molar-refractivity contribution is 5.88. The second kappa shape index (κ2) is 8.10. The number of nitrogens with zero attached hydrogens (tertiary/aromatic N) is 4. The molecule has 8 nitrogen and oxygen atoms in total. The number of benzene rings is 1. The molecule has 0 saturated heterocycles. The van der Waals surface area contributed by atoms with Crippen molar-refractivity contribution in [3.05, 3.63) is 63.8 Å². The van der Waals surface area contributed by atoms with E-state index < -0.39 is 4.92 Å². The van der Waals surface area contributed by atoms with Crippen LogP contribution in [0.2, 0.25) is 0 Å². The Labute approximate surface area is 167 Å². The minimum absolute atomic E-state index is 0.0671. The maximum atomic E-state index is 11.0. The molecular formula is C21H19N5O3. The molecule has 2 heterocycles. The van der Waals surface area contributed by atoms with E-state index in [2.05, 4.69) is 21.4 Å². The van der Waals surface area contributed by atoms with E-state index in [0.717, 1.165) is 18.4 Å². The normalized spacial score (nSPS) is 13.9. The van der Waals surface area contributed by atoms with E-state index in [4.69, 9.17) is 4.74 Å². The van der Waals surface area contributed by atoms with Gasteiger partial charge in [0.1, 0.15) is 11.9 Å². The van der Waals surface area contributed by atoms with E-state index in [0.29, 0.717) is 34.7 Å². The Kier molecular flexibility index (Phi) is 5.20. The van der Waals surface area contributed by atoms with Gasteiger partial charge in [-0.2, -0.15) is 5.26 Å². The fourth-order valence-corrected chi connectivity index (χ4v) is 3.47. The second-order valence-electron chi connectivity index (χ2n) is 7.01. The van der Waals surface area contributed by atoms with Crippen molar-refractivity contribution < 1.29 is 9.66 Å². The van der Waals surface area contributed by atoms with E-state index in [9.17, 15) is 15.4 Å². The first-order valence-electron chi connectivity index (χ1n) is 9.47. The lowest BCUT2D eigenvalue weighted by Gasteiger charge is -2.12. The molecule has 3 aromatic rings. The van der Waals surface area contributed by atoms with Crippen molar-refractivity contribution in [2.24, 2.45) is 0 Å². The SMILES string of the molecule is N#Cc1cc(NCc2ccc(OC3CCCC3)nc2)nc2ccc([N+](=O)[O-])cc12. The van der Waals surface area contributed by atoms with Crippen LogP contribution in [0.25, 0.3) is 10.9 Å². The Morgan fingerprint density at radius 1 is 1.24 bits per heavy atom. The zero-order chi connectivity index (χ0) is 20.2. The van der Waals surface area contributed by atoms with Gasteiger partial charge in [-0.3, -0.25) is 10.1 Å². The lowest BCUT2D eigenvalue weighted by atomic mass is 10.1. The van der Waals surface area contributed by atoms with Gasteiger partial charge >= 0.3 is 0 Å². The summed E-state index contributed by atoms with van der Waals surface area (Å²) in [5.41, 5.74) is 1.74. The van der Waals surface area contributed by atoms with Gasteiger partial charge in [0.15, 0.2) is 0 Å². The molecule has 1 aromatic carbocycles. The highest BCUT2D eigenvalue weighted by Gasteiger charge is 2.17. The summed E-state index contributed by atoms with van der Waals surface area (Å²) >= 11 is 0. The number of nitriles is 1. The minimum atomic E-state index is -0.486. The molecule has 0 amide bonds. The van der Waals surface area contributed by atoms with Crippen LogP contribution in [0.3, 0.4) is 0 Å². The summed E-state index contributed by atoms with van der Waals surface area (Å²) in [5, 5.41) is 24.0. The number of non-ortho nitro benzene ring substituents is 1. The van der Waals surface area contributed by atoms with E-state index >= 15 is 0 Å². The van der Waals surface area contributed by atoms with Crippen molar-refractivity contribution in [1.82, 2.24) is 9.97 Å². The van der Waals surface area contributed by atoms with Crippen molar-refractivity contribution in [2.75, 3.05) is 5.32 Å². The molecule has 1 aliphatic carbocycles. The van der Waals surface area contributed by atoms with E-state index in [1.165, 1.54) is 25.0 Å². The van der Waals surface area contributed by atoms with Gasteiger partial charge in [0, 0.05) is 36.3 Å². The molecule has 2 aromatic heterocycles. The van der Waals surface area contributed by atoms with Crippen molar-refractivity contribution in [3.8, 4) is 11.9 Å². The van der Waals surface area contributed by atoms with Crippen LogP contribution in [0, 0.1) is 21.4 Å². The zero-order valence-corrected chi connectivity index (χ0v) is 15.7. The molecule has 1 aliphatic rings. The molecule has 29 heavy (non-hydrogen) atoms. The largest absolute Gasteiger partial charge is 0.474 e. The second-order valence-corrected chi connectivity index (χ2v) is 7.01. The molecule has 0 spiro atoms. The molecule has 1 fully saturated rings. The monoisotopic (exact) mass is 389 g/mol. The Hall–Kier alpha value is -3.73. The van der Waals surface area contributed by atoms with Gasteiger partial charge in [0.2, 0.25) is 5.88 Å². The average molecular weight is 389 g/mol. The molecule has 8 heteroatoms. The molecule has 0 bridgehead atoms. The van der Waals surface area contributed by atoms with Crippen LogP contribution < -0.4 is 10.1 Å². The third-order valence-electron chi connectivity index (χ3n) is 4.98. The molecule has 1 saturated carbocycles. The van der Waals surface area contributed by atoms with Gasteiger partial charge in [0.25, 0.3) is 5.69 Å². The van der Waals surface area contributed by atoms with Crippen LogP contribution >= 0.6 is 0 Å². The number of nitro benzene ring substituents is 1. The van der Waals surface area contributed by atoms with Gasteiger partial charge in [-0.15, -0.1) is 0 Å². The minimum Gasteiger partial charge on any atom is -0.474 e. The Morgan fingerprint density at radius 2 is 2.07 bits per heavy atom. The zero-order valence-electron chi connectivity index (χ0n) is 15.7. The number of nitrogens with one attached hydrogen (secondary N) is 1. The summed E-state index contributed by atoms with van der Waals surface area (Å²) in [4.78, 5) is 19.3. The van der Waals surface area contributed by atoms with Crippen molar-refractivity contribution in [1.29, 1.82) is 5.26 Å². The number of hydrogen-bond acceptors (Lipinski definition) is 7. The standard InChI is InChI=1S/C21H19N5O3/c22-11-15-9-20(25-19-7-6-16(26(27)28)10-18(15)19)23-12-14-5-8-21(24-13-14)29-17-3-1-2-4-17/h5-10,13,17H,1-4,12H2,(H,23,25). The van der Waals surface area contributed by atoms with Gasteiger partial charge in [-0.1, -0.05) is 6.07 Å². The maximum absolute atomic E-state index is 11.0. The summed E-state index contributed by atoms with van der Waals surface area (Å²) in [7, 11) is 0. The van der Waals surface area contributed by atoms with Crippen LogP contribution in [0.1, 0.15) is 36.8 Å². The lowest BCUT2D eigenvalue weighted by Crippen LogP contribution is -2.12. The molecule has 0 unspecified atom stereocenters. The molecule has 4 rings (SSSR count). The van der Waals surface area contributed by atoms with Crippen LogP contribution in [0.4, 0.5) is 11.5 Å². The Morgan fingerprint density at radius 3 is 2.76 bits per heavy atom. The summed E-state index contributed by atoms with van der Waals surface area (Å²) < 4.78 is 5.87. The number of ether oxygens (including phenoxy) is 1. The lowest BCUT2D eigenvalue weighted by molar-refractivity contribution is -0.384. The van der Waals surface area contributed by atoms with Crippen molar-refractivity contribution in [2.45, 2.75) is 38.3 Å². The Bertz CT molecular complexity index is 1090. The first kappa shape index (κ1) is 18.6. The number of fused-ring (bicyclic) bond motifs is 1. The maximum Gasteiger partial charge on any atom is 0.270 e. The molecule has 0 aliphatic heterocycles. The molecule has 0 atom stereocenters. The molecule has 146 valence electrons. The summed E-state index contributed by atoms with van der Waals surface area (Å²) in [6.07, 6.45) is 6.62. The van der Waals surface area contributed by atoms with E-state index in [1.54, 1.807) is 18.3 Å². The highest BCUT2D eigenvalue weighted by Crippen LogP contribution is 2.25. The number of aromatic nitrogens is 2. The quantitative estimate of drug-likeness (QED) is 0.492. The fraction of sp³-hybridized carbons (Fsp3) is 0.286. The summed E-state index contributed by atoms with van der Waals surface area (Å²) in [5.74, 6) is 1.16. The predicted octanol–water partition coefficient (Wildman–Crippen LogP) is 4.34. The van der Waals surface area contributed by atoms with Crippen LogP contribution in [-0.2, 0) is 6.54 Å². The Balaban J connectivity index is 1.47. The smallest absolute Gasteiger partial charge is 0.270 e. The van der Waals surface area contributed by atoms with E-state index in [-0.39, 0.29) is 11.8 Å². The van der Waals surface area contributed by atoms with Gasteiger partial charge < -0.3 is 10.1 Å². The highest BCUT2D eigenvalue weighted by atomic mass is 16.6. The number of nitro groups is 1. The summed E-state index contributed by atoms with van der Waals surface area (Å²) in [6.45, 7) is 0.479. The first-order chi connectivity index (χ1) is 14.1. The van der Waals surface area contributed by atoms with Crippen LogP contribution in [0.5, 0.6) is 5.88 Å². The number of anilines is 1. The number of pyridine rings is 2. The van der Waals surface area contributed by atoms with Gasteiger partial charge in [-0.05, 0) is 43.4 Å². The fourth-order valence-electron chi connectivity index (χ4n) is 3.47. The van der Waals surface area contributed by atoms with Gasteiger partial charge in [0.05, 0.1) is 22.1 Å². The average Bonchev–Trinajstić information content (AvgIpc) is 3.25. The van der Waals surface area contributed by atoms with Crippen LogP contribution in [0.15, 0.2) is 42.6 Å². The molecule has 0 radical (unpaired) electrons. The van der Waals surface area contributed by atoms with Crippen molar-refractivity contribution in [3.63, 3.8) is 0 Å². The number of hydrogen-bond donors (Lipinski definition) is 1. The molecule has 1 N–H and O–H groups in total. The first-order valence-corrected chi connectivity index (χ1v) is 9.47. The topological polar surface area (TPSA) is 114 Å². The van der Waals surface area contributed by atoms with Crippen LogP contribution in [-0.4, -0.2) is 21.0 Å². The summed E-state index contributed by atoms with van der Waals surface area (Å²) in [6, 6.07) is 11.8. The predicted molar refractivity (Wildman–Crippen MR) is 108 cm³/mol. The number of rotatable bonds is 6. The van der Waals surface area contributed by atoms with Crippen molar-refractivity contribution >= 4 is 22.4 Å².